The van der Waals surface area contributed by atoms with E-state index in [0.29, 0.717) is 5.76 Å². The molecule has 0 aliphatic carbocycles. The lowest BCUT2D eigenvalue weighted by Gasteiger charge is -2.22. The number of rotatable bonds is 16. The van der Waals surface area contributed by atoms with Gasteiger partial charge in [0.1, 0.15) is 30.5 Å². The molecule has 0 fully saturated rings. The van der Waals surface area contributed by atoms with E-state index >= 15 is 0 Å². The predicted molar refractivity (Wildman–Crippen MR) is 145 cm³/mol. The molecule has 1 aliphatic heterocycles. The first kappa shape index (κ1) is 34.1. The summed E-state index contributed by atoms with van der Waals surface area (Å²) in [6.07, 6.45) is -1.35. The van der Waals surface area contributed by atoms with Gasteiger partial charge in [0.2, 0.25) is 0 Å². The Bertz CT molecular complexity index is 1770. The van der Waals surface area contributed by atoms with Gasteiger partial charge in [-0.15, -0.1) is 0 Å². The van der Waals surface area contributed by atoms with Crippen molar-refractivity contribution in [3.63, 3.8) is 0 Å². The molecule has 3 aromatic rings. The molecule has 0 bridgehead atoms. The van der Waals surface area contributed by atoms with E-state index in [1.807, 2.05) is 0 Å². The van der Waals surface area contributed by atoms with E-state index in [1.54, 1.807) is 6.92 Å². The van der Waals surface area contributed by atoms with E-state index in [0.717, 1.165) is 0 Å². The summed E-state index contributed by atoms with van der Waals surface area (Å²) in [5.41, 5.74) is 0. The van der Waals surface area contributed by atoms with Crippen molar-refractivity contribution >= 4 is 19.5 Å². The van der Waals surface area contributed by atoms with Gasteiger partial charge < -0.3 is 54.5 Å². The fraction of sp³-hybridized carbons (Fsp3) is 0.444. The summed E-state index contributed by atoms with van der Waals surface area (Å²) in [7, 11) is -4.40. The van der Waals surface area contributed by atoms with E-state index in [4.69, 9.17) is 54.5 Å². The minimum absolute atomic E-state index is 0.0144. The normalized spacial score (nSPS) is 13.9. The molecular weight excluding hydrogens is 643 g/mol. The Kier molecular flexibility index (Phi) is 10.8. The van der Waals surface area contributed by atoms with Crippen LogP contribution in [-0.2, 0) is 62.0 Å². The van der Waals surface area contributed by atoms with Crippen LogP contribution in [0.5, 0.6) is 0 Å². The molecule has 1 aliphatic rings. The number of esters is 2. The Morgan fingerprint density at radius 2 is 1.22 bits per heavy atom. The summed E-state index contributed by atoms with van der Waals surface area (Å²) < 4.78 is 74.9. The fourth-order valence-electron chi connectivity index (χ4n) is 3.88. The zero-order valence-corrected chi connectivity index (χ0v) is 25.9. The van der Waals surface area contributed by atoms with Gasteiger partial charge in [-0.1, -0.05) is 0 Å². The lowest BCUT2D eigenvalue weighted by Crippen LogP contribution is -2.24. The highest BCUT2D eigenvalue weighted by atomic mass is 31.2. The first-order valence-corrected chi connectivity index (χ1v) is 15.2. The zero-order chi connectivity index (χ0) is 33.6. The second-order valence-electron chi connectivity index (χ2n) is 9.70. The molecule has 0 radical (unpaired) electrons. The molecule has 18 nitrogen and oxygen atoms in total. The highest BCUT2D eigenvalue weighted by molar-refractivity contribution is 7.53. The molecule has 1 unspecified atom stereocenters. The minimum atomic E-state index is -4.40. The third kappa shape index (κ3) is 9.12. The van der Waals surface area contributed by atoms with Gasteiger partial charge in [-0.2, -0.15) is 0 Å². The molecule has 3 aromatic heterocycles. The van der Waals surface area contributed by atoms with Crippen LogP contribution in [0.3, 0.4) is 0 Å². The summed E-state index contributed by atoms with van der Waals surface area (Å²) in [5, 5.41) is 0. The van der Waals surface area contributed by atoms with Crippen molar-refractivity contribution in [3.05, 3.63) is 90.5 Å². The number of ether oxygens (including phenoxy) is 4. The largest absolute Gasteiger partial charge is 0.519 e. The number of hydrogen-bond acceptors (Lipinski definition) is 18. The highest BCUT2D eigenvalue weighted by Gasteiger charge is 2.36. The van der Waals surface area contributed by atoms with Gasteiger partial charge in [-0.25, -0.2) is 14.4 Å². The van der Waals surface area contributed by atoms with Crippen molar-refractivity contribution in [1.82, 2.24) is 0 Å². The molecule has 250 valence electrons. The maximum atomic E-state index is 14.1. The van der Waals surface area contributed by atoms with E-state index in [2.05, 4.69) is 6.58 Å². The van der Waals surface area contributed by atoms with Crippen LogP contribution in [0.25, 0.3) is 0 Å². The Balaban J connectivity index is 1.52. The highest BCUT2D eigenvalue weighted by Crippen LogP contribution is 2.52. The monoisotopic (exact) mass is 672 g/mol. The Labute approximate surface area is 257 Å². The quantitative estimate of drug-likeness (QED) is 0.156. The van der Waals surface area contributed by atoms with Crippen LogP contribution in [0.15, 0.2) is 64.9 Å². The molecule has 0 N–H and O–H groups in total. The molecule has 19 heteroatoms. The molecule has 1 atom stereocenters. The number of aryl methyl sites for hydroxylation is 3. The third-order valence-corrected chi connectivity index (χ3v) is 8.31. The number of carbonyl (C=O) groups is 2. The molecule has 0 spiro atoms. The average molecular weight is 672 g/mol. The Morgan fingerprint density at radius 3 is 1.65 bits per heavy atom. The summed E-state index contributed by atoms with van der Waals surface area (Å²) in [6, 6.07) is 0. The third-order valence-electron chi connectivity index (χ3n) is 6.37. The molecular formula is C27H29O18P. The summed E-state index contributed by atoms with van der Waals surface area (Å²) in [6.45, 7) is 7.31. The second-order valence-corrected chi connectivity index (χ2v) is 11.8. The average Bonchev–Trinajstić information content (AvgIpc) is 3.70. The van der Waals surface area contributed by atoms with Crippen LogP contribution < -0.4 is 17.5 Å². The van der Waals surface area contributed by atoms with E-state index in [9.17, 15) is 28.5 Å². The summed E-state index contributed by atoms with van der Waals surface area (Å²) in [4.78, 5) is 60.2. The number of carbonyl (C=O) groups excluding carboxylic acids is 2. The van der Waals surface area contributed by atoms with Gasteiger partial charge in [-0.05, 0) is 40.7 Å². The SMILES string of the molecule is C=C1OC(C)=C(COC(=O)CCC(CP(=O)(OCc2oc(=O)oc2C)OCc2oc(=O)oc2C)C(=O)OCc2oc(=O)oc2C)O1. The maximum Gasteiger partial charge on any atom is 0.519 e. The minimum Gasteiger partial charge on any atom is -0.457 e. The molecule has 4 rings (SSSR count). The maximum absolute atomic E-state index is 14.1. The first-order valence-electron chi connectivity index (χ1n) is 13.4. The van der Waals surface area contributed by atoms with Gasteiger partial charge >= 0.3 is 37.0 Å². The molecule has 0 aromatic carbocycles. The molecule has 46 heavy (non-hydrogen) atoms. The smallest absolute Gasteiger partial charge is 0.457 e. The standard InChI is InChI=1S/C27H29O18P/c1-13-19(42-17(5)38-13)8-34-23(28)7-6-18(24(29)35-9-20-14(2)39-25(30)43-20)12-46(33,36-10-21-15(3)40-26(31)44-21)37-11-22-16(4)41-27(32)45-22/h18H,5-12H2,1-4H3. The van der Waals surface area contributed by atoms with Crippen LogP contribution in [0.4, 0.5) is 0 Å². The molecule has 0 saturated heterocycles. The van der Waals surface area contributed by atoms with Gasteiger partial charge in [0.25, 0.3) is 5.95 Å². The predicted octanol–water partition coefficient (Wildman–Crippen LogP) is 3.61. The van der Waals surface area contributed by atoms with Crippen LogP contribution in [0.2, 0.25) is 0 Å². The number of hydrogen-bond donors (Lipinski definition) is 0. The lowest BCUT2D eigenvalue weighted by atomic mass is 10.1. The van der Waals surface area contributed by atoms with Gasteiger partial charge in [0.15, 0.2) is 42.0 Å². The van der Waals surface area contributed by atoms with Crippen molar-refractivity contribution in [3.8, 4) is 0 Å². The van der Waals surface area contributed by atoms with Crippen LogP contribution in [0, 0.1) is 26.7 Å². The van der Waals surface area contributed by atoms with E-state index in [-0.39, 0.29) is 65.7 Å². The van der Waals surface area contributed by atoms with Gasteiger partial charge in [-0.3, -0.25) is 14.2 Å². The van der Waals surface area contributed by atoms with Crippen molar-refractivity contribution in [2.75, 3.05) is 12.8 Å². The fourth-order valence-corrected chi connectivity index (χ4v) is 5.67. The topological polar surface area (TPSA) is 237 Å². The number of allylic oxidation sites excluding steroid dienone is 1. The van der Waals surface area contributed by atoms with Crippen molar-refractivity contribution in [2.45, 2.75) is 60.4 Å². The zero-order valence-electron chi connectivity index (χ0n) is 25.0. The molecule has 0 saturated carbocycles. The van der Waals surface area contributed by atoms with Gasteiger partial charge in [0, 0.05) is 6.42 Å². The van der Waals surface area contributed by atoms with Crippen molar-refractivity contribution < 1.29 is 68.7 Å². The van der Waals surface area contributed by atoms with E-state index < -0.39 is 68.9 Å². The summed E-state index contributed by atoms with van der Waals surface area (Å²) in [5.74, 6) is -5.75. The van der Waals surface area contributed by atoms with Crippen molar-refractivity contribution in [1.29, 1.82) is 0 Å². The van der Waals surface area contributed by atoms with E-state index in [1.165, 1.54) is 20.8 Å². The Hall–Kier alpha value is -4.80. The Morgan fingerprint density at radius 1 is 0.717 bits per heavy atom. The van der Waals surface area contributed by atoms with Gasteiger partial charge in [0.05, 0.1) is 12.1 Å². The molecule has 4 heterocycles. The van der Waals surface area contributed by atoms with Crippen LogP contribution in [0.1, 0.15) is 54.3 Å². The second kappa shape index (κ2) is 14.5. The lowest BCUT2D eigenvalue weighted by molar-refractivity contribution is -0.151. The van der Waals surface area contributed by atoms with Crippen LogP contribution >= 0.6 is 7.60 Å². The summed E-state index contributed by atoms with van der Waals surface area (Å²) >= 11 is 0. The van der Waals surface area contributed by atoms with Crippen LogP contribution in [-0.4, -0.2) is 24.7 Å². The van der Waals surface area contributed by atoms with Crippen molar-refractivity contribution in [2.24, 2.45) is 5.92 Å². The molecule has 0 amide bonds. The first-order chi connectivity index (χ1) is 21.7.